The highest BCUT2D eigenvalue weighted by atomic mass is 32.2. The maximum Gasteiger partial charge on any atom is 0.458 e. The van der Waals surface area contributed by atoms with Gasteiger partial charge in [-0.25, -0.2) is 32.1 Å². The first-order valence-electron chi connectivity index (χ1n) is 11.3. The molecular weight excluding hydrogens is 568 g/mol. The normalized spacial score (nSPS) is 12.8. The van der Waals surface area contributed by atoms with Crippen LogP contribution >= 0.6 is 0 Å². The number of hydrogen-bond donors (Lipinski definition) is 0. The van der Waals surface area contributed by atoms with Gasteiger partial charge in [-0.2, -0.15) is 31.7 Å². The topological polar surface area (TPSA) is 113 Å². The van der Waals surface area contributed by atoms with E-state index < -0.39 is 61.0 Å². The summed E-state index contributed by atoms with van der Waals surface area (Å²) in [6.07, 6.45) is -4.74. The highest BCUT2D eigenvalue weighted by Gasteiger charge is 2.58. The van der Waals surface area contributed by atoms with Crippen molar-refractivity contribution >= 4 is 20.9 Å². The zero-order valence-corrected chi connectivity index (χ0v) is 20.8. The zero-order chi connectivity index (χ0) is 29.0. The molecule has 3 aromatic heterocycles. The Labute approximate surface area is 220 Å². The summed E-state index contributed by atoms with van der Waals surface area (Å²) < 4.78 is 113. The molecule has 0 aliphatic carbocycles. The molecule has 0 bridgehead atoms. The summed E-state index contributed by atoms with van der Waals surface area (Å²) in [5.74, 6) is -6.80. The summed E-state index contributed by atoms with van der Waals surface area (Å²) in [5.41, 5.74) is -2.94. The average Bonchev–Trinajstić information content (AvgIpc) is 3.51. The molecule has 0 N–H and O–H groups in total. The molecule has 0 radical (unpaired) electrons. The van der Waals surface area contributed by atoms with Gasteiger partial charge in [-0.1, -0.05) is 6.92 Å². The van der Waals surface area contributed by atoms with Crippen molar-refractivity contribution in [2.75, 3.05) is 5.75 Å². The van der Waals surface area contributed by atoms with Crippen LogP contribution in [0.2, 0.25) is 0 Å². The molecule has 0 saturated carbocycles. The van der Waals surface area contributed by atoms with Gasteiger partial charge in [0.2, 0.25) is 5.89 Å². The number of alkyl halides is 5. The lowest BCUT2D eigenvalue weighted by Gasteiger charge is -2.19. The minimum absolute atomic E-state index is 0.192. The van der Waals surface area contributed by atoms with Gasteiger partial charge in [0.05, 0.1) is 16.3 Å². The van der Waals surface area contributed by atoms with E-state index in [1.54, 1.807) is 0 Å². The third-order valence-electron chi connectivity index (χ3n) is 5.86. The van der Waals surface area contributed by atoms with Crippen molar-refractivity contribution in [3.05, 3.63) is 82.8 Å². The first-order valence-corrected chi connectivity index (χ1v) is 12.9. The molecule has 0 spiro atoms. The Kier molecular flexibility index (Phi) is 6.32. The van der Waals surface area contributed by atoms with Gasteiger partial charge in [-0.05, 0) is 54.6 Å². The molecule has 0 aliphatic heterocycles. The lowest BCUT2D eigenvalue weighted by atomic mass is 10.1. The standard InChI is InChI=1S/C24H15F6N5O4S/c1-2-40(37,38)18-9-10-19(35-22(36)34(12-31-35)15-6-4-14(25)5-7-15)33-20(18)21-32-16-11-13(3-8-17(16)39-21)23(26,27)24(28,29)30/h3-12H,2H2,1H3. The monoisotopic (exact) mass is 583 g/mol. The molecule has 9 nitrogen and oxygen atoms in total. The number of sulfone groups is 1. The Balaban J connectivity index is 1.66. The van der Waals surface area contributed by atoms with Gasteiger partial charge < -0.3 is 4.42 Å². The highest BCUT2D eigenvalue weighted by Crippen LogP contribution is 2.44. The fourth-order valence-electron chi connectivity index (χ4n) is 3.74. The van der Waals surface area contributed by atoms with Crippen molar-refractivity contribution in [1.29, 1.82) is 0 Å². The maximum atomic E-state index is 13.9. The highest BCUT2D eigenvalue weighted by molar-refractivity contribution is 7.91. The van der Waals surface area contributed by atoms with Crippen molar-refractivity contribution < 1.29 is 39.2 Å². The quantitative estimate of drug-likeness (QED) is 0.264. The first kappa shape index (κ1) is 27.1. The second-order valence-electron chi connectivity index (χ2n) is 8.37. The van der Waals surface area contributed by atoms with E-state index in [1.807, 2.05) is 0 Å². The van der Waals surface area contributed by atoms with E-state index in [1.165, 1.54) is 25.1 Å². The lowest BCUT2D eigenvalue weighted by Crippen LogP contribution is -2.33. The number of oxazole rings is 1. The Morgan fingerprint density at radius 2 is 1.65 bits per heavy atom. The number of benzene rings is 2. The number of rotatable bonds is 6. The van der Waals surface area contributed by atoms with Crippen LogP contribution in [-0.2, 0) is 15.8 Å². The minimum Gasteiger partial charge on any atom is -0.435 e. The van der Waals surface area contributed by atoms with Gasteiger partial charge in [-0.15, -0.1) is 0 Å². The van der Waals surface area contributed by atoms with Crippen LogP contribution in [0.15, 0.2) is 75.0 Å². The lowest BCUT2D eigenvalue weighted by molar-refractivity contribution is -0.289. The molecule has 40 heavy (non-hydrogen) atoms. The molecule has 0 aliphatic rings. The molecule has 5 aromatic rings. The zero-order valence-electron chi connectivity index (χ0n) is 20.0. The van der Waals surface area contributed by atoms with E-state index in [2.05, 4.69) is 15.1 Å². The Hall–Kier alpha value is -4.47. The molecule has 16 heteroatoms. The number of pyridine rings is 1. The van der Waals surface area contributed by atoms with Gasteiger partial charge in [-0.3, -0.25) is 0 Å². The number of aromatic nitrogens is 5. The Morgan fingerprint density at radius 1 is 0.950 bits per heavy atom. The summed E-state index contributed by atoms with van der Waals surface area (Å²) >= 11 is 0. The molecule has 0 saturated heterocycles. The summed E-state index contributed by atoms with van der Waals surface area (Å²) in [7, 11) is -4.00. The van der Waals surface area contributed by atoms with Crippen molar-refractivity contribution in [2.24, 2.45) is 0 Å². The van der Waals surface area contributed by atoms with Crippen LogP contribution in [-0.4, -0.2) is 44.7 Å². The van der Waals surface area contributed by atoms with Crippen LogP contribution in [0.25, 0.3) is 34.2 Å². The van der Waals surface area contributed by atoms with Gasteiger partial charge >= 0.3 is 17.8 Å². The van der Waals surface area contributed by atoms with Crippen molar-refractivity contribution in [2.45, 2.75) is 23.9 Å². The molecular formula is C24H15F6N5O4S. The second kappa shape index (κ2) is 9.32. The SMILES string of the molecule is CCS(=O)(=O)c1ccc(-n2ncn(-c3ccc(F)cc3)c2=O)nc1-c1nc2cc(C(F)(F)C(F)(F)F)ccc2o1. The summed E-state index contributed by atoms with van der Waals surface area (Å²) in [4.78, 5) is 20.7. The molecule has 3 heterocycles. The molecule has 0 amide bonds. The van der Waals surface area contributed by atoms with Crippen LogP contribution in [0.1, 0.15) is 12.5 Å². The predicted octanol–water partition coefficient (Wildman–Crippen LogP) is 4.81. The molecule has 5 rings (SSSR count). The Morgan fingerprint density at radius 3 is 2.30 bits per heavy atom. The van der Waals surface area contributed by atoms with Crippen LogP contribution in [0, 0.1) is 5.82 Å². The van der Waals surface area contributed by atoms with E-state index in [4.69, 9.17) is 4.42 Å². The summed E-state index contributed by atoms with van der Waals surface area (Å²) in [5, 5.41) is 3.96. The fraction of sp³-hybridized carbons (Fsp3) is 0.167. The van der Waals surface area contributed by atoms with Crippen LogP contribution in [0.5, 0.6) is 0 Å². The maximum absolute atomic E-state index is 13.9. The van der Waals surface area contributed by atoms with Crippen molar-refractivity contribution in [3.63, 3.8) is 0 Å². The van der Waals surface area contributed by atoms with Crippen LogP contribution in [0.3, 0.4) is 0 Å². The first-order chi connectivity index (χ1) is 18.7. The van der Waals surface area contributed by atoms with Crippen LogP contribution in [0.4, 0.5) is 26.3 Å². The van der Waals surface area contributed by atoms with Crippen LogP contribution < -0.4 is 5.69 Å². The summed E-state index contributed by atoms with van der Waals surface area (Å²) in [6, 6.07) is 9.03. The molecule has 0 unspecified atom stereocenters. The van der Waals surface area contributed by atoms with Gasteiger partial charge in [0.25, 0.3) is 0 Å². The third kappa shape index (κ3) is 4.53. The van der Waals surface area contributed by atoms with Crippen molar-refractivity contribution in [3.8, 4) is 23.1 Å². The molecule has 0 fully saturated rings. The third-order valence-corrected chi connectivity index (χ3v) is 7.62. The average molecular weight is 583 g/mol. The molecule has 208 valence electrons. The number of hydrogen-bond acceptors (Lipinski definition) is 7. The fourth-order valence-corrected chi connectivity index (χ4v) is 4.76. The van der Waals surface area contributed by atoms with Crippen molar-refractivity contribution in [1.82, 2.24) is 24.3 Å². The second-order valence-corrected chi connectivity index (χ2v) is 10.6. The van der Waals surface area contributed by atoms with E-state index in [9.17, 15) is 39.6 Å². The minimum atomic E-state index is -5.86. The smallest absolute Gasteiger partial charge is 0.435 e. The largest absolute Gasteiger partial charge is 0.458 e. The number of fused-ring (bicyclic) bond motifs is 1. The number of nitrogens with zero attached hydrogens (tertiary/aromatic N) is 5. The van der Waals surface area contributed by atoms with E-state index >= 15 is 0 Å². The number of halogens is 6. The summed E-state index contributed by atoms with van der Waals surface area (Å²) in [6.45, 7) is 1.35. The predicted molar refractivity (Wildman–Crippen MR) is 128 cm³/mol. The van der Waals surface area contributed by atoms with E-state index in [0.717, 1.165) is 39.8 Å². The van der Waals surface area contributed by atoms with Gasteiger partial charge in [0.15, 0.2) is 21.2 Å². The van der Waals surface area contributed by atoms with Gasteiger partial charge in [0, 0.05) is 5.56 Å². The molecule has 0 atom stereocenters. The van der Waals surface area contributed by atoms with E-state index in [-0.39, 0.29) is 22.8 Å². The molecule has 2 aromatic carbocycles. The van der Waals surface area contributed by atoms with Gasteiger partial charge in [0.1, 0.15) is 23.4 Å². The van der Waals surface area contributed by atoms with E-state index in [0.29, 0.717) is 12.1 Å². The Bertz CT molecular complexity index is 1910.